The van der Waals surface area contributed by atoms with Crippen molar-refractivity contribution in [2.24, 2.45) is 7.05 Å². The molecule has 0 atom stereocenters. The highest BCUT2D eigenvalue weighted by atomic mass is 35.5. The third-order valence-electron chi connectivity index (χ3n) is 3.65. The molecule has 0 bridgehead atoms. The predicted molar refractivity (Wildman–Crippen MR) is 89.3 cm³/mol. The Morgan fingerprint density at radius 2 is 1.86 bits per heavy atom. The van der Waals surface area contributed by atoms with Crippen LogP contribution in [0.1, 0.15) is 48.0 Å². The number of carbonyl (C=O) groups is 1. The van der Waals surface area contributed by atoms with Crippen molar-refractivity contribution < 1.29 is 4.79 Å². The van der Waals surface area contributed by atoms with Crippen LogP contribution in [0, 0.1) is 6.92 Å². The standard InChI is InChI=1S/C17H22ClN3O/c1-11-14(15(18)21(5)20-11)16(22)19-10-12-6-8-13(9-7-12)17(2,3)4/h6-9H,10H2,1-5H3,(H,19,22). The van der Waals surface area contributed by atoms with E-state index >= 15 is 0 Å². The molecule has 118 valence electrons. The highest BCUT2D eigenvalue weighted by molar-refractivity contribution is 6.33. The van der Waals surface area contributed by atoms with E-state index in [-0.39, 0.29) is 11.3 Å². The molecular formula is C17H22ClN3O. The van der Waals surface area contributed by atoms with Gasteiger partial charge in [0.1, 0.15) is 5.15 Å². The molecule has 1 aromatic carbocycles. The molecule has 0 aliphatic rings. The minimum absolute atomic E-state index is 0.127. The van der Waals surface area contributed by atoms with Crippen LogP contribution in [0.2, 0.25) is 5.15 Å². The summed E-state index contributed by atoms with van der Waals surface area (Å²) in [6.07, 6.45) is 0. The van der Waals surface area contributed by atoms with E-state index in [9.17, 15) is 4.79 Å². The highest BCUT2D eigenvalue weighted by Gasteiger charge is 2.18. The minimum Gasteiger partial charge on any atom is -0.348 e. The summed E-state index contributed by atoms with van der Waals surface area (Å²) in [6.45, 7) is 8.78. The van der Waals surface area contributed by atoms with E-state index < -0.39 is 0 Å². The number of rotatable bonds is 3. The van der Waals surface area contributed by atoms with Gasteiger partial charge in [-0.1, -0.05) is 56.6 Å². The summed E-state index contributed by atoms with van der Waals surface area (Å²) < 4.78 is 1.50. The normalized spacial score (nSPS) is 11.5. The van der Waals surface area contributed by atoms with E-state index in [0.717, 1.165) is 5.56 Å². The SMILES string of the molecule is Cc1nn(C)c(Cl)c1C(=O)NCc1ccc(C(C)(C)C)cc1. The molecule has 1 heterocycles. The Hall–Kier alpha value is -1.81. The van der Waals surface area contributed by atoms with E-state index in [0.29, 0.717) is 23.0 Å². The molecule has 0 unspecified atom stereocenters. The van der Waals surface area contributed by atoms with Gasteiger partial charge in [-0.15, -0.1) is 0 Å². The van der Waals surface area contributed by atoms with Gasteiger partial charge in [0.15, 0.2) is 0 Å². The summed E-state index contributed by atoms with van der Waals surface area (Å²) in [6, 6.07) is 8.28. The minimum atomic E-state index is -0.199. The van der Waals surface area contributed by atoms with Gasteiger partial charge in [0.05, 0.1) is 11.3 Å². The Balaban J connectivity index is 2.05. The lowest BCUT2D eigenvalue weighted by molar-refractivity contribution is 0.0950. The zero-order valence-corrected chi connectivity index (χ0v) is 14.5. The number of nitrogens with zero attached hydrogens (tertiary/aromatic N) is 2. The lowest BCUT2D eigenvalue weighted by atomic mass is 9.87. The van der Waals surface area contributed by atoms with Crippen LogP contribution >= 0.6 is 11.6 Å². The van der Waals surface area contributed by atoms with Crippen molar-refractivity contribution in [1.29, 1.82) is 0 Å². The van der Waals surface area contributed by atoms with Crippen LogP contribution in [0.3, 0.4) is 0 Å². The summed E-state index contributed by atoms with van der Waals surface area (Å²) in [4.78, 5) is 12.3. The summed E-state index contributed by atoms with van der Waals surface area (Å²) in [5.41, 5.74) is 3.53. The third kappa shape index (κ3) is 3.50. The van der Waals surface area contributed by atoms with Gasteiger partial charge in [-0.25, -0.2) is 0 Å². The van der Waals surface area contributed by atoms with Crippen molar-refractivity contribution in [3.63, 3.8) is 0 Å². The lowest BCUT2D eigenvalue weighted by Gasteiger charge is -2.19. The number of hydrogen-bond donors (Lipinski definition) is 1. The van der Waals surface area contributed by atoms with Crippen molar-refractivity contribution in [2.75, 3.05) is 0 Å². The van der Waals surface area contributed by atoms with Crippen LogP contribution < -0.4 is 5.32 Å². The summed E-state index contributed by atoms with van der Waals surface area (Å²) in [5.74, 6) is -0.199. The highest BCUT2D eigenvalue weighted by Crippen LogP contribution is 2.22. The second kappa shape index (κ2) is 6.13. The molecular weight excluding hydrogens is 298 g/mol. The number of aryl methyl sites for hydroxylation is 2. The summed E-state index contributed by atoms with van der Waals surface area (Å²) in [7, 11) is 1.72. The molecule has 0 saturated heterocycles. The van der Waals surface area contributed by atoms with Crippen molar-refractivity contribution in [1.82, 2.24) is 15.1 Å². The van der Waals surface area contributed by atoms with Crippen LogP contribution in [0.15, 0.2) is 24.3 Å². The Labute approximate surface area is 136 Å². The fraction of sp³-hybridized carbons (Fsp3) is 0.412. The summed E-state index contributed by atoms with van der Waals surface area (Å²) in [5, 5.41) is 7.40. The Morgan fingerprint density at radius 1 is 1.27 bits per heavy atom. The molecule has 0 aliphatic carbocycles. The van der Waals surface area contributed by atoms with Gasteiger partial charge in [0.2, 0.25) is 0 Å². The van der Waals surface area contributed by atoms with Gasteiger partial charge in [0.25, 0.3) is 5.91 Å². The maximum absolute atomic E-state index is 12.3. The number of amides is 1. The van der Waals surface area contributed by atoms with E-state index in [1.807, 2.05) is 12.1 Å². The fourth-order valence-electron chi connectivity index (χ4n) is 2.28. The first-order valence-electron chi connectivity index (χ1n) is 7.27. The predicted octanol–water partition coefficient (Wildman–Crippen LogP) is 3.61. The zero-order chi connectivity index (χ0) is 16.5. The molecule has 0 radical (unpaired) electrons. The van der Waals surface area contributed by atoms with Crippen LogP contribution in [-0.2, 0) is 19.0 Å². The second-order valence-corrected chi connectivity index (χ2v) is 6.86. The maximum atomic E-state index is 12.3. The number of benzene rings is 1. The fourth-order valence-corrected chi connectivity index (χ4v) is 2.54. The smallest absolute Gasteiger partial charge is 0.256 e. The van der Waals surface area contributed by atoms with Gasteiger partial charge >= 0.3 is 0 Å². The molecule has 0 aliphatic heterocycles. The third-order valence-corrected chi connectivity index (χ3v) is 4.09. The van der Waals surface area contributed by atoms with Crippen LogP contribution in [-0.4, -0.2) is 15.7 Å². The number of halogens is 1. The zero-order valence-electron chi connectivity index (χ0n) is 13.7. The molecule has 5 heteroatoms. The lowest BCUT2D eigenvalue weighted by Crippen LogP contribution is -2.23. The number of aromatic nitrogens is 2. The molecule has 4 nitrogen and oxygen atoms in total. The van der Waals surface area contributed by atoms with Crippen molar-refractivity contribution >= 4 is 17.5 Å². The molecule has 1 N–H and O–H groups in total. The Bertz CT molecular complexity index is 681. The van der Waals surface area contributed by atoms with Gasteiger partial charge in [-0.2, -0.15) is 5.10 Å². The monoisotopic (exact) mass is 319 g/mol. The molecule has 2 rings (SSSR count). The van der Waals surface area contributed by atoms with Crippen LogP contribution in [0.4, 0.5) is 0 Å². The first kappa shape index (κ1) is 16.6. The largest absolute Gasteiger partial charge is 0.348 e. The van der Waals surface area contributed by atoms with E-state index in [4.69, 9.17) is 11.6 Å². The van der Waals surface area contributed by atoms with E-state index in [1.54, 1.807) is 14.0 Å². The average molecular weight is 320 g/mol. The summed E-state index contributed by atoms with van der Waals surface area (Å²) >= 11 is 6.10. The molecule has 0 saturated carbocycles. The Kier molecular flexibility index (Phi) is 4.61. The van der Waals surface area contributed by atoms with Gasteiger partial charge in [-0.3, -0.25) is 9.48 Å². The number of carbonyl (C=O) groups excluding carboxylic acids is 1. The van der Waals surface area contributed by atoms with E-state index in [2.05, 4.69) is 43.3 Å². The molecule has 0 spiro atoms. The second-order valence-electron chi connectivity index (χ2n) is 6.50. The number of hydrogen-bond acceptors (Lipinski definition) is 2. The quantitative estimate of drug-likeness (QED) is 0.939. The molecule has 22 heavy (non-hydrogen) atoms. The van der Waals surface area contributed by atoms with Gasteiger partial charge in [-0.05, 0) is 23.5 Å². The first-order chi connectivity index (χ1) is 10.2. The molecule has 1 amide bonds. The van der Waals surface area contributed by atoms with Gasteiger partial charge in [0, 0.05) is 13.6 Å². The Morgan fingerprint density at radius 3 is 2.32 bits per heavy atom. The first-order valence-corrected chi connectivity index (χ1v) is 7.64. The molecule has 0 fully saturated rings. The van der Waals surface area contributed by atoms with Crippen molar-refractivity contribution in [3.8, 4) is 0 Å². The maximum Gasteiger partial charge on any atom is 0.256 e. The topological polar surface area (TPSA) is 46.9 Å². The van der Waals surface area contributed by atoms with Gasteiger partial charge < -0.3 is 5.32 Å². The molecule has 2 aromatic rings. The average Bonchev–Trinajstić information content (AvgIpc) is 2.69. The molecule has 1 aromatic heterocycles. The number of nitrogens with one attached hydrogen (secondary N) is 1. The van der Waals surface area contributed by atoms with Crippen LogP contribution in [0.5, 0.6) is 0 Å². The van der Waals surface area contributed by atoms with Crippen molar-refractivity contribution in [2.45, 2.75) is 39.7 Å². The van der Waals surface area contributed by atoms with Crippen molar-refractivity contribution in [3.05, 3.63) is 51.8 Å². The van der Waals surface area contributed by atoms with Crippen LogP contribution in [0.25, 0.3) is 0 Å². The van der Waals surface area contributed by atoms with E-state index in [1.165, 1.54) is 10.2 Å².